The van der Waals surface area contributed by atoms with E-state index in [1.165, 1.54) is 18.4 Å². The van der Waals surface area contributed by atoms with Gasteiger partial charge in [-0.2, -0.15) is 0 Å². The van der Waals surface area contributed by atoms with E-state index in [2.05, 4.69) is 16.0 Å². The Bertz CT molecular complexity index is 611. The molecule has 0 saturated carbocycles. The van der Waals surface area contributed by atoms with Gasteiger partial charge in [-0.25, -0.2) is 9.18 Å². The predicted molar refractivity (Wildman–Crippen MR) is 77.7 cm³/mol. The summed E-state index contributed by atoms with van der Waals surface area (Å²) >= 11 is 0. The van der Waals surface area contributed by atoms with Crippen molar-refractivity contribution in [2.24, 2.45) is 0 Å². The summed E-state index contributed by atoms with van der Waals surface area (Å²) in [5.41, 5.74) is 0.794. The molecule has 1 heterocycles. The maximum atomic E-state index is 12.7. The molecular weight excluding hydrogens is 289 g/mol. The Labute approximate surface area is 126 Å². The van der Waals surface area contributed by atoms with E-state index in [-0.39, 0.29) is 36.6 Å². The van der Waals surface area contributed by atoms with Crippen LogP contribution in [0.2, 0.25) is 0 Å². The van der Waals surface area contributed by atoms with Gasteiger partial charge in [0.15, 0.2) is 5.76 Å². The highest BCUT2D eigenvalue weighted by Gasteiger charge is 2.07. The Morgan fingerprint density at radius 2 is 1.73 bits per heavy atom. The highest BCUT2D eigenvalue weighted by Crippen LogP contribution is 2.01. The molecule has 0 aliphatic heterocycles. The van der Waals surface area contributed by atoms with Gasteiger partial charge < -0.3 is 20.4 Å². The zero-order valence-corrected chi connectivity index (χ0v) is 11.8. The number of urea groups is 1. The van der Waals surface area contributed by atoms with E-state index in [1.807, 2.05) is 0 Å². The van der Waals surface area contributed by atoms with Gasteiger partial charge >= 0.3 is 6.03 Å². The molecule has 22 heavy (non-hydrogen) atoms. The predicted octanol–water partition coefficient (Wildman–Crippen LogP) is 1.65. The molecule has 0 saturated heterocycles. The standard InChI is InChI=1S/C15H16FN3O3/c16-12-5-3-11(4-6-12)10-19-15(21)18-8-7-17-14(20)13-2-1-9-22-13/h1-6,9H,7-8,10H2,(H,17,20)(H2,18,19,21). The number of halogens is 1. The Kier molecular flexibility index (Phi) is 5.53. The molecule has 0 spiro atoms. The van der Waals surface area contributed by atoms with Crippen molar-refractivity contribution in [1.29, 1.82) is 0 Å². The molecule has 2 aromatic rings. The van der Waals surface area contributed by atoms with E-state index in [0.29, 0.717) is 6.54 Å². The first-order chi connectivity index (χ1) is 10.6. The maximum Gasteiger partial charge on any atom is 0.315 e. The van der Waals surface area contributed by atoms with Gasteiger partial charge in [0.05, 0.1) is 6.26 Å². The van der Waals surface area contributed by atoms with Crippen LogP contribution in [0.3, 0.4) is 0 Å². The molecule has 0 atom stereocenters. The largest absolute Gasteiger partial charge is 0.459 e. The van der Waals surface area contributed by atoms with Gasteiger partial charge in [-0.3, -0.25) is 4.79 Å². The van der Waals surface area contributed by atoms with Crippen molar-refractivity contribution in [3.63, 3.8) is 0 Å². The fourth-order valence-electron chi connectivity index (χ4n) is 1.69. The first-order valence-corrected chi connectivity index (χ1v) is 6.73. The molecule has 0 unspecified atom stereocenters. The van der Waals surface area contributed by atoms with Crippen LogP contribution in [-0.4, -0.2) is 25.0 Å². The van der Waals surface area contributed by atoms with Crippen molar-refractivity contribution in [3.05, 3.63) is 59.8 Å². The van der Waals surface area contributed by atoms with E-state index < -0.39 is 0 Å². The summed E-state index contributed by atoms with van der Waals surface area (Å²) in [6.45, 7) is 0.857. The van der Waals surface area contributed by atoms with Gasteiger partial charge in [0.25, 0.3) is 5.91 Å². The summed E-state index contributed by atoms with van der Waals surface area (Å²) in [5.74, 6) is -0.431. The third-order valence-corrected chi connectivity index (χ3v) is 2.81. The average molecular weight is 305 g/mol. The SMILES string of the molecule is O=C(NCCNC(=O)c1ccco1)NCc1ccc(F)cc1. The Hall–Kier alpha value is -2.83. The zero-order chi connectivity index (χ0) is 15.8. The summed E-state index contributed by atoms with van der Waals surface area (Å²) in [4.78, 5) is 23.1. The number of hydrogen-bond acceptors (Lipinski definition) is 3. The minimum absolute atomic E-state index is 0.223. The fraction of sp³-hybridized carbons (Fsp3) is 0.200. The molecule has 0 fully saturated rings. The van der Waals surface area contributed by atoms with Crippen LogP contribution in [0.5, 0.6) is 0 Å². The number of carbonyl (C=O) groups is 2. The first kappa shape index (κ1) is 15.6. The van der Waals surface area contributed by atoms with Gasteiger partial charge in [0.1, 0.15) is 5.82 Å². The number of hydrogen-bond donors (Lipinski definition) is 3. The van der Waals surface area contributed by atoms with Crippen molar-refractivity contribution in [3.8, 4) is 0 Å². The summed E-state index contributed by atoms with van der Waals surface area (Å²) in [7, 11) is 0. The van der Waals surface area contributed by atoms with Crippen LogP contribution in [-0.2, 0) is 6.54 Å². The maximum absolute atomic E-state index is 12.7. The van der Waals surface area contributed by atoms with Crippen LogP contribution < -0.4 is 16.0 Å². The lowest BCUT2D eigenvalue weighted by molar-refractivity contribution is 0.0926. The monoisotopic (exact) mass is 305 g/mol. The Morgan fingerprint density at radius 3 is 2.41 bits per heavy atom. The molecule has 1 aromatic heterocycles. The topological polar surface area (TPSA) is 83.4 Å². The van der Waals surface area contributed by atoms with Crippen LogP contribution in [0.15, 0.2) is 47.1 Å². The molecule has 1 aromatic carbocycles. The van der Waals surface area contributed by atoms with Crippen LogP contribution in [0.4, 0.5) is 9.18 Å². The Balaban J connectivity index is 1.59. The van der Waals surface area contributed by atoms with E-state index >= 15 is 0 Å². The van der Waals surface area contributed by atoms with Crippen molar-refractivity contribution in [2.75, 3.05) is 13.1 Å². The fourth-order valence-corrected chi connectivity index (χ4v) is 1.69. The van der Waals surface area contributed by atoms with Gasteiger partial charge in [0.2, 0.25) is 0 Å². The molecule has 6 nitrogen and oxygen atoms in total. The van der Waals surface area contributed by atoms with Gasteiger partial charge in [0, 0.05) is 19.6 Å². The second-order valence-corrected chi connectivity index (χ2v) is 4.47. The third kappa shape index (κ3) is 4.93. The number of nitrogens with one attached hydrogen (secondary N) is 3. The van der Waals surface area contributed by atoms with E-state index in [4.69, 9.17) is 4.42 Å². The van der Waals surface area contributed by atoms with Gasteiger partial charge in [-0.15, -0.1) is 0 Å². The number of rotatable bonds is 6. The molecule has 0 aliphatic rings. The summed E-state index contributed by atoms with van der Waals surface area (Å²) in [6.07, 6.45) is 1.41. The second-order valence-electron chi connectivity index (χ2n) is 4.47. The number of benzene rings is 1. The molecule has 7 heteroatoms. The quantitative estimate of drug-likeness (QED) is 0.710. The molecule has 2 rings (SSSR count). The van der Waals surface area contributed by atoms with Crippen LogP contribution in [0.25, 0.3) is 0 Å². The lowest BCUT2D eigenvalue weighted by atomic mass is 10.2. The highest BCUT2D eigenvalue weighted by molar-refractivity contribution is 5.91. The number of furan rings is 1. The van der Waals surface area contributed by atoms with Crippen molar-refractivity contribution >= 4 is 11.9 Å². The van der Waals surface area contributed by atoms with E-state index in [1.54, 1.807) is 24.3 Å². The van der Waals surface area contributed by atoms with Crippen LogP contribution in [0, 0.1) is 5.82 Å². The molecule has 116 valence electrons. The summed E-state index contributed by atoms with van der Waals surface area (Å²) < 4.78 is 17.6. The van der Waals surface area contributed by atoms with E-state index in [0.717, 1.165) is 5.56 Å². The summed E-state index contributed by atoms with van der Waals surface area (Å²) in [6, 6.07) is 8.67. The number of carbonyl (C=O) groups excluding carboxylic acids is 2. The normalized spacial score (nSPS) is 10.0. The van der Waals surface area contributed by atoms with Crippen molar-refractivity contribution < 1.29 is 18.4 Å². The average Bonchev–Trinajstić information content (AvgIpc) is 3.05. The number of amides is 3. The summed E-state index contributed by atoms with van der Waals surface area (Å²) in [5, 5.41) is 7.83. The minimum Gasteiger partial charge on any atom is -0.459 e. The first-order valence-electron chi connectivity index (χ1n) is 6.73. The van der Waals surface area contributed by atoms with Gasteiger partial charge in [-0.05, 0) is 29.8 Å². The minimum atomic E-state index is -0.364. The van der Waals surface area contributed by atoms with Crippen LogP contribution >= 0.6 is 0 Å². The highest BCUT2D eigenvalue weighted by atomic mass is 19.1. The lowest BCUT2D eigenvalue weighted by Crippen LogP contribution is -2.39. The molecule has 0 radical (unpaired) electrons. The van der Waals surface area contributed by atoms with Gasteiger partial charge in [-0.1, -0.05) is 12.1 Å². The third-order valence-electron chi connectivity index (χ3n) is 2.81. The molecule has 3 N–H and O–H groups in total. The van der Waals surface area contributed by atoms with Crippen molar-refractivity contribution in [2.45, 2.75) is 6.54 Å². The van der Waals surface area contributed by atoms with Crippen LogP contribution in [0.1, 0.15) is 16.1 Å². The Morgan fingerprint density at radius 1 is 1.00 bits per heavy atom. The lowest BCUT2D eigenvalue weighted by Gasteiger charge is -2.08. The second kappa shape index (κ2) is 7.82. The molecule has 0 aliphatic carbocycles. The zero-order valence-electron chi connectivity index (χ0n) is 11.8. The molecule has 0 bridgehead atoms. The molecular formula is C15H16FN3O3. The molecule has 3 amide bonds. The smallest absolute Gasteiger partial charge is 0.315 e. The van der Waals surface area contributed by atoms with E-state index in [9.17, 15) is 14.0 Å². The van der Waals surface area contributed by atoms with Crippen molar-refractivity contribution in [1.82, 2.24) is 16.0 Å².